The minimum absolute atomic E-state index is 0.177. The van der Waals surface area contributed by atoms with Crippen molar-refractivity contribution in [2.75, 3.05) is 13.3 Å². The molecule has 0 bridgehead atoms. The van der Waals surface area contributed by atoms with Crippen molar-refractivity contribution in [3.8, 4) is 0 Å². The third-order valence-corrected chi connectivity index (χ3v) is 7.67. The largest absolute Gasteiger partial charge is 0.598 e. The second kappa shape index (κ2) is 9.06. The van der Waals surface area contributed by atoms with Gasteiger partial charge in [0.15, 0.2) is 0 Å². The van der Waals surface area contributed by atoms with Gasteiger partial charge in [-0.25, -0.2) is 8.78 Å². The van der Waals surface area contributed by atoms with Crippen molar-refractivity contribution in [1.29, 1.82) is 0 Å². The Labute approximate surface area is 168 Å². The maximum atomic E-state index is 14.5. The molecular formula is C20H26F2NO3PS. The van der Waals surface area contributed by atoms with E-state index in [2.05, 4.69) is 4.72 Å². The molecule has 0 radical (unpaired) electrons. The minimum atomic E-state index is -2.94. The van der Waals surface area contributed by atoms with E-state index >= 15 is 0 Å². The Balaban J connectivity index is 2.45. The molecule has 0 saturated carbocycles. The molecule has 0 aromatic heterocycles. The molecule has 154 valence electrons. The first-order chi connectivity index (χ1) is 13.0. The van der Waals surface area contributed by atoms with Gasteiger partial charge in [0.1, 0.15) is 22.4 Å². The second-order valence-electron chi connectivity index (χ2n) is 7.45. The molecule has 4 nitrogen and oxygen atoms in total. The molecule has 0 aliphatic rings. The van der Waals surface area contributed by atoms with Gasteiger partial charge in [-0.3, -0.25) is 4.57 Å². The van der Waals surface area contributed by atoms with Crippen LogP contribution >= 0.6 is 7.37 Å². The smallest absolute Gasteiger partial charge is 0.229 e. The molecule has 0 fully saturated rings. The van der Waals surface area contributed by atoms with Crippen LogP contribution in [0.2, 0.25) is 0 Å². The van der Waals surface area contributed by atoms with E-state index in [1.165, 1.54) is 12.7 Å². The Morgan fingerprint density at radius 3 is 2.29 bits per heavy atom. The number of benzene rings is 2. The Bertz CT molecular complexity index is 856. The lowest BCUT2D eigenvalue weighted by Crippen LogP contribution is -2.41. The quantitative estimate of drug-likeness (QED) is 0.513. The van der Waals surface area contributed by atoms with Crippen LogP contribution in [-0.4, -0.2) is 22.6 Å². The van der Waals surface area contributed by atoms with Crippen LogP contribution in [0.3, 0.4) is 0 Å². The average Bonchev–Trinajstić information content (AvgIpc) is 2.59. The van der Waals surface area contributed by atoms with Crippen molar-refractivity contribution in [3.63, 3.8) is 0 Å². The molecule has 2 aromatic carbocycles. The van der Waals surface area contributed by atoms with Gasteiger partial charge in [-0.15, -0.1) is 4.72 Å². The fourth-order valence-corrected chi connectivity index (χ4v) is 4.75. The molecule has 1 N–H and O–H groups in total. The first-order valence-electron chi connectivity index (χ1n) is 8.91. The van der Waals surface area contributed by atoms with Crippen LogP contribution in [-0.2, 0) is 20.5 Å². The standard InChI is InChI=1S/C20H26F2NO3PS/c1-6-26-27(5,24)16-10-7-14(8-11-16)19(23-28(25)20(2,3)4)17-12-9-15(21)13-18(17)22/h7-13,19,23H,6H2,1-5H3/t19-,27?,28-/m1/s1. The van der Waals surface area contributed by atoms with E-state index in [1.54, 1.807) is 52.0 Å². The topological polar surface area (TPSA) is 61.4 Å². The van der Waals surface area contributed by atoms with Crippen LogP contribution in [0.4, 0.5) is 8.78 Å². The molecule has 1 unspecified atom stereocenters. The molecule has 8 heteroatoms. The molecule has 2 rings (SSSR count). The van der Waals surface area contributed by atoms with Gasteiger partial charge < -0.3 is 9.08 Å². The van der Waals surface area contributed by atoms with E-state index in [1.807, 2.05) is 0 Å². The predicted molar refractivity (Wildman–Crippen MR) is 110 cm³/mol. The lowest BCUT2D eigenvalue weighted by Gasteiger charge is -2.28. The number of rotatable bonds is 7. The van der Waals surface area contributed by atoms with Crippen molar-refractivity contribution in [3.05, 3.63) is 65.2 Å². The van der Waals surface area contributed by atoms with Crippen LogP contribution < -0.4 is 10.0 Å². The highest BCUT2D eigenvalue weighted by atomic mass is 32.2. The zero-order valence-corrected chi connectivity index (χ0v) is 18.4. The molecule has 0 amide bonds. The monoisotopic (exact) mass is 429 g/mol. The maximum absolute atomic E-state index is 14.5. The van der Waals surface area contributed by atoms with Gasteiger partial charge in [0.05, 0.1) is 6.61 Å². The Kier molecular flexibility index (Phi) is 7.45. The van der Waals surface area contributed by atoms with Gasteiger partial charge in [-0.1, -0.05) is 18.2 Å². The molecule has 0 aliphatic heterocycles. The summed E-state index contributed by atoms with van der Waals surface area (Å²) < 4.78 is 60.7. The Morgan fingerprint density at radius 1 is 1.18 bits per heavy atom. The molecule has 3 atom stereocenters. The van der Waals surface area contributed by atoms with Gasteiger partial charge in [-0.2, -0.15) is 0 Å². The van der Waals surface area contributed by atoms with Crippen molar-refractivity contribution in [2.45, 2.75) is 38.5 Å². The summed E-state index contributed by atoms with van der Waals surface area (Å²) in [6, 6.07) is 9.21. The maximum Gasteiger partial charge on any atom is 0.229 e. The summed E-state index contributed by atoms with van der Waals surface area (Å²) >= 11 is -1.50. The fraction of sp³-hybridized carbons (Fsp3) is 0.400. The van der Waals surface area contributed by atoms with E-state index in [9.17, 15) is 17.9 Å². The van der Waals surface area contributed by atoms with Crippen molar-refractivity contribution < 1.29 is 22.4 Å². The summed E-state index contributed by atoms with van der Waals surface area (Å²) in [6.07, 6.45) is 0. The summed E-state index contributed by atoms with van der Waals surface area (Å²) in [6.45, 7) is 9.02. The first kappa shape index (κ1) is 23.0. The van der Waals surface area contributed by atoms with Crippen LogP contribution in [0.15, 0.2) is 42.5 Å². The number of hydrogen-bond donors (Lipinski definition) is 1. The zero-order chi connectivity index (χ0) is 21.1. The van der Waals surface area contributed by atoms with Crippen LogP contribution in [0.25, 0.3) is 0 Å². The number of hydrogen-bond acceptors (Lipinski definition) is 4. The third kappa shape index (κ3) is 5.65. The fourth-order valence-electron chi connectivity index (χ4n) is 2.59. The molecule has 0 heterocycles. The third-order valence-electron chi connectivity index (χ3n) is 4.13. The average molecular weight is 429 g/mol. The second-order valence-corrected chi connectivity index (χ2v) is 11.9. The van der Waals surface area contributed by atoms with E-state index in [4.69, 9.17) is 4.52 Å². The predicted octanol–water partition coefficient (Wildman–Crippen LogP) is 4.68. The number of halogens is 2. The summed E-state index contributed by atoms with van der Waals surface area (Å²) in [5.74, 6) is -1.42. The van der Waals surface area contributed by atoms with E-state index in [0.29, 0.717) is 17.5 Å². The van der Waals surface area contributed by atoms with Gasteiger partial charge in [0, 0.05) is 35.0 Å². The van der Waals surface area contributed by atoms with Crippen LogP contribution in [0.1, 0.15) is 44.9 Å². The van der Waals surface area contributed by atoms with Gasteiger partial charge >= 0.3 is 0 Å². The van der Waals surface area contributed by atoms with E-state index in [0.717, 1.165) is 12.1 Å². The highest BCUT2D eigenvalue weighted by Crippen LogP contribution is 2.41. The van der Waals surface area contributed by atoms with E-state index in [-0.39, 0.29) is 5.56 Å². The molecule has 0 aliphatic carbocycles. The molecule has 0 saturated heterocycles. The summed E-state index contributed by atoms with van der Waals surface area (Å²) in [5, 5.41) is 0.536. The summed E-state index contributed by atoms with van der Waals surface area (Å²) in [7, 11) is -2.94. The zero-order valence-electron chi connectivity index (χ0n) is 16.7. The van der Waals surface area contributed by atoms with Crippen molar-refractivity contribution >= 4 is 24.0 Å². The molecule has 2 aromatic rings. The van der Waals surface area contributed by atoms with Crippen molar-refractivity contribution in [1.82, 2.24) is 4.72 Å². The van der Waals surface area contributed by atoms with Crippen molar-refractivity contribution in [2.24, 2.45) is 0 Å². The summed E-state index contributed by atoms with van der Waals surface area (Å²) in [4.78, 5) is 0. The molecule has 28 heavy (non-hydrogen) atoms. The SMILES string of the molecule is CCOP(C)(=O)c1ccc([C@@H](N[S@+]([O-])C(C)(C)C)c2ccc(F)cc2F)cc1. The highest BCUT2D eigenvalue weighted by Gasteiger charge is 2.32. The lowest BCUT2D eigenvalue weighted by atomic mass is 9.99. The van der Waals surface area contributed by atoms with Crippen LogP contribution in [0, 0.1) is 11.6 Å². The molecular weight excluding hydrogens is 403 g/mol. The van der Waals surface area contributed by atoms with Crippen LogP contribution in [0.5, 0.6) is 0 Å². The highest BCUT2D eigenvalue weighted by molar-refractivity contribution is 7.90. The lowest BCUT2D eigenvalue weighted by molar-refractivity contribution is 0.345. The Morgan fingerprint density at radius 2 is 1.79 bits per heavy atom. The number of nitrogens with one attached hydrogen (secondary N) is 1. The van der Waals surface area contributed by atoms with E-state index < -0.39 is 41.2 Å². The normalized spacial score (nSPS) is 16.4. The van der Waals surface area contributed by atoms with Gasteiger partial charge in [0.2, 0.25) is 7.37 Å². The summed E-state index contributed by atoms with van der Waals surface area (Å²) in [5.41, 5.74) is 0.791. The molecule has 0 spiro atoms. The minimum Gasteiger partial charge on any atom is -0.598 e. The Hall–Kier alpha value is -1.24. The first-order valence-corrected chi connectivity index (χ1v) is 12.1. The van der Waals surface area contributed by atoms with Gasteiger partial charge in [-0.05, 0) is 51.5 Å². The van der Waals surface area contributed by atoms with Gasteiger partial charge in [0.25, 0.3) is 0 Å².